The SMILES string of the molecule is C.OCC1=NO[C@]2(COCc3ccccc3)CC(F)(F)C[C@H]12. The zero-order valence-corrected chi connectivity index (χ0v) is 11.5. The molecule has 0 unspecified atom stereocenters. The van der Waals surface area contributed by atoms with Crippen LogP contribution in [0.5, 0.6) is 0 Å². The molecule has 0 radical (unpaired) electrons. The van der Waals surface area contributed by atoms with E-state index in [1.807, 2.05) is 30.3 Å². The van der Waals surface area contributed by atoms with Crippen molar-refractivity contribution in [2.24, 2.45) is 11.1 Å². The second kappa shape index (κ2) is 6.30. The van der Waals surface area contributed by atoms with Crippen LogP contribution in [0.25, 0.3) is 0 Å². The number of aliphatic hydroxyl groups excluding tert-OH is 1. The largest absolute Gasteiger partial charge is 0.390 e. The first-order chi connectivity index (χ1) is 10.0. The molecule has 1 aliphatic carbocycles. The van der Waals surface area contributed by atoms with E-state index in [1.165, 1.54) is 0 Å². The zero-order valence-electron chi connectivity index (χ0n) is 11.5. The van der Waals surface area contributed by atoms with E-state index in [-0.39, 0.29) is 32.8 Å². The Balaban J connectivity index is 0.00000176. The summed E-state index contributed by atoms with van der Waals surface area (Å²) in [6, 6.07) is 9.50. The number of fused-ring (bicyclic) bond motifs is 1. The van der Waals surface area contributed by atoms with Gasteiger partial charge in [-0.2, -0.15) is 0 Å². The summed E-state index contributed by atoms with van der Waals surface area (Å²) >= 11 is 0. The summed E-state index contributed by atoms with van der Waals surface area (Å²) in [5.41, 5.74) is 0.114. The van der Waals surface area contributed by atoms with Crippen LogP contribution in [0.3, 0.4) is 0 Å². The molecule has 0 amide bonds. The zero-order chi connectivity index (χ0) is 14.9. The first kappa shape index (κ1) is 16.8. The fraction of sp³-hybridized carbons (Fsp3) is 0.562. The van der Waals surface area contributed by atoms with E-state index in [9.17, 15) is 13.9 Å². The van der Waals surface area contributed by atoms with Crippen molar-refractivity contribution in [1.29, 1.82) is 0 Å². The van der Waals surface area contributed by atoms with Crippen LogP contribution < -0.4 is 0 Å². The van der Waals surface area contributed by atoms with Crippen LogP contribution in [0, 0.1) is 5.92 Å². The van der Waals surface area contributed by atoms with Crippen molar-refractivity contribution >= 4 is 5.71 Å². The summed E-state index contributed by atoms with van der Waals surface area (Å²) in [4.78, 5) is 5.26. The molecule has 2 atom stereocenters. The third kappa shape index (κ3) is 3.13. The van der Waals surface area contributed by atoms with E-state index in [0.29, 0.717) is 6.61 Å². The molecule has 0 spiro atoms. The predicted octanol–water partition coefficient (Wildman–Crippen LogP) is 3.00. The van der Waals surface area contributed by atoms with Gasteiger partial charge < -0.3 is 14.7 Å². The number of alkyl halides is 2. The van der Waals surface area contributed by atoms with Gasteiger partial charge >= 0.3 is 0 Å². The van der Waals surface area contributed by atoms with Gasteiger partial charge in [0.2, 0.25) is 0 Å². The van der Waals surface area contributed by atoms with Crippen LogP contribution >= 0.6 is 0 Å². The fourth-order valence-electron chi connectivity index (χ4n) is 3.08. The highest BCUT2D eigenvalue weighted by atomic mass is 19.3. The quantitative estimate of drug-likeness (QED) is 0.909. The maximum atomic E-state index is 13.7. The molecule has 22 heavy (non-hydrogen) atoms. The van der Waals surface area contributed by atoms with Gasteiger partial charge in [-0.15, -0.1) is 0 Å². The molecule has 1 aliphatic heterocycles. The third-order valence-corrected chi connectivity index (χ3v) is 4.06. The molecule has 0 saturated heterocycles. The maximum absolute atomic E-state index is 13.7. The molecule has 1 fully saturated rings. The molecule has 1 aromatic carbocycles. The van der Waals surface area contributed by atoms with Crippen LogP contribution in [0.4, 0.5) is 8.78 Å². The van der Waals surface area contributed by atoms with Crippen molar-refractivity contribution in [1.82, 2.24) is 0 Å². The minimum absolute atomic E-state index is 0. The molecule has 6 heteroatoms. The van der Waals surface area contributed by atoms with Crippen molar-refractivity contribution < 1.29 is 23.5 Å². The standard InChI is InChI=1S/C15H17F2NO3.CH4/c16-15(17)6-12-13(7-19)18-21-14(12,9-15)10-20-8-11-4-2-1-3-5-11;/h1-5,12,19H,6-10H2;1H4/t12-,14+;/m1./s1. The van der Waals surface area contributed by atoms with Gasteiger partial charge in [-0.25, -0.2) is 8.78 Å². The summed E-state index contributed by atoms with van der Waals surface area (Å²) in [6.07, 6.45) is -0.770. The van der Waals surface area contributed by atoms with Gasteiger partial charge in [0.15, 0.2) is 5.60 Å². The summed E-state index contributed by atoms with van der Waals surface area (Å²) in [7, 11) is 0. The van der Waals surface area contributed by atoms with Crippen LogP contribution in [-0.2, 0) is 16.2 Å². The Morgan fingerprint density at radius 3 is 2.73 bits per heavy atom. The van der Waals surface area contributed by atoms with E-state index in [4.69, 9.17) is 9.57 Å². The van der Waals surface area contributed by atoms with Crippen molar-refractivity contribution in [3.63, 3.8) is 0 Å². The first-order valence-electron chi connectivity index (χ1n) is 6.90. The van der Waals surface area contributed by atoms with Crippen LogP contribution in [0.15, 0.2) is 35.5 Å². The Morgan fingerprint density at radius 1 is 1.32 bits per heavy atom. The Morgan fingerprint density at radius 2 is 2.05 bits per heavy atom. The lowest BCUT2D eigenvalue weighted by Crippen LogP contribution is -2.40. The molecular formula is C16H21F2NO3. The summed E-state index contributed by atoms with van der Waals surface area (Å²) in [6.45, 7) is 0.00896. The number of ether oxygens (including phenoxy) is 1. The van der Waals surface area contributed by atoms with Gasteiger partial charge in [-0.1, -0.05) is 42.9 Å². The Hall–Kier alpha value is -1.53. The van der Waals surface area contributed by atoms with Crippen molar-refractivity contribution in [3.8, 4) is 0 Å². The number of benzene rings is 1. The Kier molecular flexibility index (Phi) is 4.82. The second-order valence-electron chi connectivity index (χ2n) is 5.66. The molecule has 0 aromatic heterocycles. The number of aliphatic hydroxyl groups is 1. The molecule has 1 saturated carbocycles. The highest BCUT2D eigenvalue weighted by Gasteiger charge is 2.62. The summed E-state index contributed by atoms with van der Waals surface area (Å²) in [5, 5.41) is 13.0. The average Bonchev–Trinajstić information content (AvgIpc) is 2.90. The predicted molar refractivity (Wildman–Crippen MR) is 78.8 cm³/mol. The lowest BCUT2D eigenvalue weighted by Gasteiger charge is -2.26. The minimum Gasteiger partial charge on any atom is -0.390 e. The molecule has 1 aromatic rings. The second-order valence-corrected chi connectivity index (χ2v) is 5.66. The van der Waals surface area contributed by atoms with Gasteiger partial charge in [0, 0.05) is 6.42 Å². The molecule has 3 rings (SSSR count). The number of hydrogen-bond acceptors (Lipinski definition) is 4. The van der Waals surface area contributed by atoms with E-state index in [0.717, 1.165) is 5.56 Å². The lowest BCUT2D eigenvalue weighted by molar-refractivity contribution is -0.112. The molecule has 1 heterocycles. The number of nitrogens with zero attached hydrogens (tertiary/aromatic N) is 1. The third-order valence-electron chi connectivity index (χ3n) is 4.06. The van der Waals surface area contributed by atoms with Gasteiger partial charge in [0.25, 0.3) is 5.92 Å². The van der Waals surface area contributed by atoms with E-state index in [2.05, 4.69) is 5.16 Å². The van der Waals surface area contributed by atoms with Crippen molar-refractivity contribution in [2.45, 2.75) is 38.4 Å². The number of hydrogen-bond donors (Lipinski definition) is 1. The number of halogens is 2. The Bertz CT molecular complexity index is 535. The maximum Gasteiger partial charge on any atom is 0.253 e. The molecular weight excluding hydrogens is 292 g/mol. The van der Waals surface area contributed by atoms with Crippen LogP contribution in [-0.4, -0.2) is 35.6 Å². The molecule has 1 N–H and O–H groups in total. The van der Waals surface area contributed by atoms with Crippen LogP contribution in [0.1, 0.15) is 25.8 Å². The minimum atomic E-state index is -2.81. The smallest absolute Gasteiger partial charge is 0.253 e. The molecule has 2 aliphatic rings. The highest BCUT2D eigenvalue weighted by molar-refractivity contribution is 5.90. The number of oxime groups is 1. The van der Waals surface area contributed by atoms with Gasteiger partial charge in [0.05, 0.1) is 37.9 Å². The first-order valence-corrected chi connectivity index (χ1v) is 6.90. The van der Waals surface area contributed by atoms with Gasteiger partial charge in [0.1, 0.15) is 0 Å². The topological polar surface area (TPSA) is 51.1 Å². The Labute approximate surface area is 128 Å². The van der Waals surface area contributed by atoms with E-state index >= 15 is 0 Å². The van der Waals surface area contributed by atoms with Crippen molar-refractivity contribution in [2.75, 3.05) is 13.2 Å². The average molecular weight is 313 g/mol. The number of rotatable bonds is 5. The van der Waals surface area contributed by atoms with Crippen molar-refractivity contribution in [3.05, 3.63) is 35.9 Å². The molecule has 0 bridgehead atoms. The normalized spacial score (nSPS) is 28.5. The highest BCUT2D eigenvalue weighted by Crippen LogP contribution is 2.51. The molecule has 122 valence electrons. The summed E-state index contributed by atoms with van der Waals surface area (Å²) < 4.78 is 33.0. The van der Waals surface area contributed by atoms with E-state index < -0.39 is 23.9 Å². The van der Waals surface area contributed by atoms with Gasteiger partial charge in [-0.05, 0) is 5.56 Å². The lowest BCUT2D eigenvalue weighted by atomic mass is 9.88. The van der Waals surface area contributed by atoms with Crippen LogP contribution in [0.2, 0.25) is 0 Å². The monoisotopic (exact) mass is 313 g/mol. The van der Waals surface area contributed by atoms with E-state index in [1.54, 1.807) is 0 Å². The fourth-order valence-corrected chi connectivity index (χ4v) is 3.08. The van der Waals surface area contributed by atoms with Gasteiger partial charge in [-0.3, -0.25) is 0 Å². The summed E-state index contributed by atoms with van der Waals surface area (Å²) in [5.74, 6) is -3.38. The molecule has 4 nitrogen and oxygen atoms in total.